The zero-order chi connectivity index (χ0) is 44.7. The molecular formula is C51H44FN9O4. The highest BCUT2D eigenvalue weighted by Crippen LogP contribution is 2.56. The molecule has 9 aromatic rings. The molecule has 14 heteroatoms. The van der Waals surface area contributed by atoms with Gasteiger partial charge in [0.2, 0.25) is 0 Å². The molecule has 6 aromatic heterocycles. The van der Waals surface area contributed by atoms with E-state index in [0.717, 1.165) is 84.2 Å². The van der Waals surface area contributed by atoms with Gasteiger partial charge in [-0.05, 0) is 133 Å². The summed E-state index contributed by atoms with van der Waals surface area (Å²) in [5, 5.41) is 12.0. The standard InChI is InChI=1S/C51H44FN9O4/c1-5-42-31(4)40(11-15-54-42)34-7-9-44-36(22-34)24-46(60(44)51(26-30(51)3)49-55-50(64)65-57-49)48(63)58-16-13-43-41(28-58)45(61(56-43)39-19-29(2)18-37(52)25-39)20-32-12-17-59(47(62)21-32)38-8-6-35-27-53-14-10-33(35)23-38/h6-12,14-15,17-19,21-25,27,30H,5,13,16,20,26,28H2,1-4H3,(H,55,57,64)/t30-,51-/m0/s1. The van der Waals surface area contributed by atoms with Gasteiger partial charge in [0, 0.05) is 90.0 Å². The number of H-pyrrole nitrogens is 1. The molecule has 0 bridgehead atoms. The van der Waals surface area contributed by atoms with Crippen LogP contribution in [0.15, 0.2) is 124 Å². The van der Waals surface area contributed by atoms with Crippen LogP contribution < -0.4 is 11.3 Å². The van der Waals surface area contributed by atoms with Crippen LogP contribution >= 0.6 is 0 Å². The fourth-order valence-electron chi connectivity index (χ4n) is 10.0. The summed E-state index contributed by atoms with van der Waals surface area (Å²) in [5.41, 5.74) is 9.66. The fourth-order valence-corrected chi connectivity index (χ4v) is 10.0. The van der Waals surface area contributed by atoms with Gasteiger partial charge in [0.05, 0.1) is 17.1 Å². The number of hydrogen-bond acceptors (Lipinski definition) is 8. The molecule has 1 saturated carbocycles. The summed E-state index contributed by atoms with van der Waals surface area (Å²) in [7, 11) is 0. The van der Waals surface area contributed by atoms with Crippen LogP contribution in [0.25, 0.3) is 44.2 Å². The number of halogens is 1. The third-order valence-corrected chi connectivity index (χ3v) is 13.5. The van der Waals surface area contributed by atoms with Crippen molar-refractivity contribution in [2.24, 2.45) is 5.92 Å². The van der Waals surface area contributed by atoms with Gasteiger partial charge in [-0.2, -0.15) is 5.10 Å². The summed E-state index contributed by atoms with van der Waals surface area (Å²) < 4.78 is 25.5. The number of carbonyl (C=O) groups is 1. The second-order valence-electron chi connectivity index (χ2n) is 17.5. The SMILES string of the molecule is CCc1nccc(-c2ccc3c(c2)cc(C(=O)N2CCc4nn(-c5cc(C)cc(F)c5)c(Cc5ccn(-c6ccc7cnccc7c6)c(=O)c5)c4C2)n3[C@@]2(c3noc(=O)[nH]3)C[C@@H]2C)c1C. The van der Waals surface area contributed by atoms with Gasteiger partial charge in [0.1, 0.15) is 17.1 Å². The van der Waals surface area contributed by atoms with Crippen molar-refractivity contribution in [3.63, 3.8) is 0 Å². The van der Waals surface area contributed by atoms with Gasteiger partial charge >= 0.3 is 5.76 Å². The first-order valence-corrected chi connectivity index (χ1v) is 21.9. The number of carbonyl (C=O) groups excluding carboxylic acids is 1. The van der Waals surface area contributed by atoms with E-state index in [4.69, 9.17) is 9.62 Å². The first-order chi connectivity index (χ1) is 31.5. The summed E-state index contributed by atoms with van der Waals surface area (Å²) >= 11 is 0. The van der Waals surface area contributed by atoms with E-state index in [0.29, 0.717) is 43.0 Å². The third-order valence-electron chi connectivity index (χ3n) is 13.5. The molecule has 13 nitrogen and oxygen atoms in total. The van der Waals surface area contributed by atoms with Gasteiger partial charge < -0.3 is 9.47 Å². The minimum Gasteiger partial charge on any atom is -0.333 e. The Morgan fingerprint density at radius 1 is 0.938 bits per heavy atom. The summed E-state index contributed by atoms with van der Waals surface area (Å²) in [6.45, 7) is 8.70. The number of nitrogens with zero attached hydrogens (tertiary/aromatic N) is 8. The highest BCUT2D eigenvalue weighted by molar-refractivity contribution is 6.00. The number of aryl methyl sites for hydroxylation is 2. The molecule has 7 heterocycles. The van der Waals surface area contributed by atoms with Crippen LogP contribution in [0, 0.1) is 25.6 Å². The number of aromatic amines is 1. The molecular weight excluding hydrogens is 822 g/mol. The molecule has 0 radical (unpaired) electrons. The van der Waals surface area contributed by atoms with E-state index in [1.807, 2.05) is 77.2 Å². The van der Waals surface area contributed by atoms with Gasteiger partial charge in [-0.25, -0.2) is 13.9 Å². The number of benzene rings is 3. The number of amides is 1. The number of pyridine rings is 3. The van der Waals surface area contributed by atoms with Crippen LogP contribution in [-0.4, -0.2) is 56.4 Å². The van der Waals surface area contributed by atoms with Crippen LogP contribution in [0.2, 0.25) is 0 Å². The second-order valence-corrected chi connectivity index (χ2v) is 17.5. The number of aromatic nitrogens is 8. The molecule has 1 amide bonds. The Bertz CT molecular complexity index is 3500. The summed E-state index contributed by atoms with van der Waals surface area (Å²) in [6, 6.07) is 26.2. The quantitative estimate of drug-likeness (QED) is 0.153. The average molecular weight is 866 g/mol. The lowest BCUT2D eigenvalue weighted by Gasteiger charge is -2.29. The Hall–Kier alpha value is -7.74. The zero-order valence-corrected chi connectivity index (χ0v) is 36.3. The Kier molecular flexibility index (Phi) is 9.38. The first kappa shape index (κ1) is 40.1. The number of hydrogen-bond donors (Lipinski definition) is 1. The van der Waals surface area contributed by atoms with E-state index in [1.54, 1.807) is 33.9 Å². The normalized spacial score (nSPS) is 16.9. The lowest BCUT2D eigenvalue weighted by molar-refractivity contribution is 0.0720. The van der Waals surface area contributed by atoms with Gasteiger partial charge in [-0.15, -0.1) is 0 Å². The van der Waals surface area contributed by atoms with Crippen molar-refractivity contribution in [1.29, 1.82) is 0 Å². The van der Waals surface area contributed by atoms with Gasteiger partial charge in [-0.1, -0.05) is 31.1 Å². The van der Waals surface area contributed by atoms with E-state index in [1.165, 1.54) is 12.1 Å². The van der Waals surface area contributed by atoms with Crippen molar-refractivity contribution < 1.29 is 13.7 Å². The van der Waals surface area contributed by atoms with Crippen molar-refractivity contribution in [1.82, 2.24) is 43.9 Å². The Labute approximate surface area is 371 Å². The minimum atomic E-state index is -0.821. The smallest absolute Gasteiger partial charge is 0.333 e. The highest BCUT2D eigenvalue weighted by Gasteiger charge is 2.59. The van der Waals surface area contributed by atoms with Crippen LogP contribution in [0.3, 0.4) is 0 Å². The molecule has 1 fully saturated rings. The molecule has 0 saturated heterocycles. The molecule has 1 N–H and O–H groups in total. The summed E-state index contributed by atoms with van der Waals surface area (Å²) in [6.07, 6.45) is 9.33. The molecule has 65 heavy (non-hydrogen) atoms. The van der Waals surface area contributed by atoms with Gasteiger partial charge in [-0.3, -0.25) is 33.6 Å². The summed E-state index contributed by atoms with van der Waals surface area (Å²) in [5.74, 6) is -0.836. The van der Waals surface area contributed by atoms with E-state index >= 15 is 9.18 Å². The van der Waals surface area contributed by atoms with Crippen molar-refractivity contribution in [2.45, 2.75) is 65.5 Å². The van der Waals surface area contributed by atoms with Gasteiger partial charge in [0.15, 0.2) is 5.82 Å². The van der Waals surface area contributed by atoms with Crippen molar-refractivity contribution in [2.75, 3.05) is 6.54 Å². The molecule has 3 aromatic carbocycles. The Morgan fingerprint density at radius 3 is 2.57 bits per heavy atom. The number of fused-ring (bicyclic) bond motifs is 3. The van der Waals surface area contributed by atoms with E-state index < -0.39 is 11.3 Å². The number of nitrogens with one attached hydrogen (secondary N) is 1. The van der Waals surface area contributed by atoms with E-state index in [2.05, 4.69) is 53.0 Å². The largest absolute Gasteiger partial charge is 0.438 e. The Balaban J connectivity index is 0.998. The fraction of sp³-hybridized carbons (Fsp3) is 0.235. The van der Waals surface area contributed by atoms with Crippen LogP contribution in [0.1, 0.15) is 75.9 Å². The topological polar surface area (TPSA) is 150 Å². The predicted octanol–water partition coefficient (Wildman–Crippen LogP) is 8.16. The zero-order valence-electron chi connectivity index (χ0n) is 36.3. The van der Waals surface area contributed by atoms with Crippen LogP contribution in [-0.2, 0) is 31.3 Å². The maximum absolute atomic E-state index is 15.3. The van der Waals surface area contributed by atoms with E-state index in [9.17, 15) is 9.59 Å². The van der Waals surface area contributed by atoms with Crippen molar-refractivity contribution in [3.8, 4) is 22.5 Å². The molecule has 2 atom stereocenters. The van der Waals surface area contributed by atoms with E-state index in [-0.39, 0.29) is 29.7 Å². The van der Waals surface area contributed by atoms with Crippen LogP contribution in [0.4, 0.5) is 4.39 Å². The monoisotopic (exact) mass is 865 g/mol. The first-order valence-electron chi connectivity index (χ1n) is 21.9. The Morgan fingerprint density at radius 2 is 1.80 bits per heavy atom. The predicted molar refractivity (Wildman–Crippen MR) is 244 cm³/mol. The molecule has 0 unspecified atom stereocenters. The maximum Gasteiger partial charge on any atom is 0.438 e. The number of rotatable bonds is 9. The van der Waals surface area contributed by atoms with Crippen LogP contribution in [0.5, 0.6) is 0 Å². The third kappa shape index (κ3) is 6.70. The molecule has 1 aliphatic heterocycles. The summed E-state index contributed by atoms with van der Waals surface area (Å²) in [4.78, 5) is 54.9. The lowest BCUT2D eigenvalue weighted by atomic mass is 9.98. The highest BCUT2D eigenvalue weighted by atomic mass is 19.1. The van der Waals surface area contributed by atoms with Crippen molar-refractivity contribution >= 4 is 27.6 Å². The minimum absolute atomic E-state index is 0.0288. The molecule has 0 spiro atoms. The van der Waals surface area contributed by atoms with Crippen molar-refractivity contribution in [3.05, 3.63) is 187 Å². The lowest BCUT2D eigenvalue weighted by Crippen LogP contribution is -2.38. The molecule has 324 valence electrons. The second kappa shape index (κ2) is 15.2. The molecule has 11 rings (SSSR count). The molecule has 2 aliphatic rings. The maximum atomic E-state index is 15.3. The average Bonchev–Trinajstić information content (AvgIpc) is 3.60. The molecule has 1 aliphatic carbocycles. The van der Waals surface area contributed by atoms with Gasteiger partial charge in [0.25, 0.3) is 11.5 Å².